The summed E-state index contributed by atoms with van der Waals surface area (Å²) in [6.45, 7) is 2.02. The molecule has 0 aliphatic carbocycles. The molecule has 0 aliphatic rings. The molecule has 0 unspecified atom stereocenters. The minimum Gasteiger partial charge on any atom is -0.283 e. The van der Waals surface area contributed by atoms with Crippen molar-refractivity contribution < 1.29 is 4.79 Å². The molecule has 0 N–H and O–H groups in total. The van der Waals surface area contributed by atoms with Gasteiger partial charge in [0.1, 0.15) is 0 Å². The van der Waals surface area contributed by atoms with Gasteiger partial charge in [-0.1, -0.05) is 30.3 Å². The van der Waals surface area contributed by atoms with Gasteiger partial charge in [-0.2, -0.15) is 0 Å². The predicted molar refractivity (Wildman–Crippen MR) is 80.5 cm³/mol. The van der Waals surface area contributed by atoms with Crippen molar-refractivity contribution in [3.05, 3.63) is 70.3 Å². The van der Waals surface area contributed by atoms with E-state index in [0.29, 0.717) is 5.56 Å². The first kappa shape index (κ1) is 12.2. The Morgan fingerprint density at radius 3 is 2.53 bits per heavy atom. The number of benzene rings is 2. The molecule has 0 fully saturated rings. The molecular formula is C16H12BrNO. The van der Waals surface area contributed by atoms with Crippen LogP contribution in [-0.4, -0.2) is 10.5 Å². The second kappa shape index (κ2) is 4.67. The van der Waals surface area contributed by atoms with E-state index < -0.39 is 0 Å². The zero-order valence-electron chi connectivity index (χ0n) is 10.4. The molecule has 3 rings (SSSR count). The Kier molecular flexibility index (Phi) is 2.99. The minimum absolute atomic E-state index is 0.0169. The van der Waals surface area contributed by atoms with Crippen LogP contribution in [0.25, 0.3) is 10.9 Å². The van der Waals surface area contributed by atoms with Crippen LogP contribution in [0.2, 0.25) is 0 Å². The van der Waals surface area contributed by atoms with Crippen molar-refractivity contribution in [1.82, 2.24) is 4.57 Å². The minimum atomic E-state index is -0.0169. The van der Waals surface area contributed by atoms with Crippen LogP contribution in [0.5, 0.6) is 0 Å². The van der Waals surface area contributed by atoms with Gasteiger partial charge < -0.3 is 0 Å². The van der Waals surface area contributed by atoms with Crippen LogP contribution in [0.4, 0.5) is 0 Å². The molecule has 2 nitrogen and oxygen atoms in total. The average Bonchev–Trinajstić information content (AvgIpc) is 2.77. The highest BCUT2D eigenvalue weighted by atomic mass is 79.9. The van der Waals surface area contributed by atoms with Crippen molar-refractivity contribution in [2.75, 3.05) is 0 Å². The van der Waals surface area contributed by atoms with E-state index in [1.54, 1.807) is 4.57 Å². The first-order chi connectivity index (χ1) is 9.18. The first-order valence-corrected chi connectivity index (χ1v) is 6.83. The lowest BCUT2D eigenvalue weighted by molar-refractivity contribution is 0.0964. The van der Waals surface area contributed by atoms with Gasteiger partial charge in [-0.25, -0.2) is 0 Å². The summed E-state index contributed by atoms with van der Waals surface area (Å²) >= 11 is 3.43. The van der Waals surface area contributed by atoms with E-state index in [1.165, 1.54) is 0 Å². The molecule has 1 heterocycles. The molecule has 0 atom stereocenters. The summed E-state index contributed by atoms with van der Waals surface area (Å²) in [5, 5.41) is 1.11. The Bertz CT molecular complexity index is 773. The molecule has 0 bridgehead atoms. The number of carbonyl (C=O) groups is 1. The van der Waals surface area contributed by atoms with Crippen molar-refractivity contribution in [2.45, 2.75) is 6.92 Å². The number of aryl methyl sites for hydroxylation is 1. The number of fused-ring (bicyclic) bond motifs is 1. The Balaban J connectivity index is 2.20. The first-order valence-electron chi connectivity index (χ1n) is 6.04. The summed E-state index contributed by atoms with van der Waals surface area (Å²) in [7, 11) is 0. The van der Waals surface area contributed by atoms with Gasteiger partial charge in [0.05, 0.1) is 11.1 Å². The maximum Gasteiger partial charge on any atom is 0.263 e. The fourth-order valence-electron chi connectivity index (χ4n) is 2.28. The Hall–Kier alpha value is -1.87. The predicted octanol–water partition coefficient (Wildman–Crippen LogP) is 4.40. The highest BCUT2D eigenvalue weighted by Gasteiger charge is 2.15. The van der Waals surface area contributed by atoms with Crippen LogP contribution in [0.15, 0.2) is 59.2 Å². The largest absolute Gasteiger partial charge is 0.283 e. The Morgan fingerprint density at radius 1 is 1.05 bits per heavy atom. The summed E-state index contributed by atoms with van der Waals surface area (Å²) < 4.78 is 2.53. The van der Waals surface area contributed by atoms with Crippen molar-refractivity contribution >= 4 is 32.7 Å². The highest BCUT2D eigenvalue weighted by Crippen LogP contribution is 2.23. The molecule has 0 amide bonds. The van der Waals surface area contributed by atoms with E-state index in [2.05, 4.69) is 15.9 Å². The van der Waals surface area contributed by atoms with E-state index in [4.69, 9.17) is 0 Å². The molecular weight excluding hydrogens is 302 g/mol. The number of rotatable bonds is 1. The van der Waals surface area contributed by atoms with Gasteiger partial charge >= 0.3 is 0 Å². The van der Waals surface area contributed by atoms with Gasteiger partial charge in [-0.3, -0.25) is 9.36 Å². The molecule has 0 saturated heterocycles. The average molecular weight is 314 g/mol. The van der Waals surface area contributed by atoms with Crippen molar-refractivity contribution in [3.8, 4) is 0 Å². The number of aromatic nitrogens is 1. The quantitative estimate of drug-likeness (QED) is 0.652. The molecule has 0 spiro atoms. The third-order valence-corrected chi connectivity index (χ3v) is 3.93. The molecule has 19 heavy (non-hydrogen) atoms. The molecule has 1 aromatic heterocycles. The van der Waals surface area contributed by atoms with E-state index in [-0.39, 0.29) is 5.91 Å². The Morgan fingerprint density at radius 2 is 1.74 bits per heavy atom. The molecule has 0 radical (unpaired) electrons. The molecule has 2 aromatic carbocycles. The summed E-state index contributed by atoms with van der Waals surface area (Å²) in [4.78, 5) is 12.6. The van der Waals surface area contributed by atoms with Gasteiger partial charge in [0.25, 0.3) is 5.91 Å². The number of nitrogens with zero attached hydrogens (tertiary/aromatic N) is 1. The van der Waals surface area contributed by atoms with Gasteiger partial charge in [0, 0.05) is 16.1 Å². The monoisotopic (exact) mass is 313 g/mol. The van der Waals surface area contributed by atoms with Gasteiger partial charge in [-0.15, -0.1) is 0 Å². The third kappa shape index (κ3) is 2.00. The zero-order valence-corrected chi connectivity index (χ0v) is 12.0. The van der Waals surface area contributed by atoms with Crippen LogP contribution in [-0.2, 0) is 0 Å². The van der Waals surface area contributed by atoms with Crippen LogP contribution in [0, 0.1) is 6.92 Å². The van der Waals surface area contributed by atoms with Crippen LogP contribution in [0.3, 0.4) is 0 Å². The number of halogens is 1. The van der Waals surface area contributed by atoms with Crippen molar-refractivity contribution in [3.63, 3.8) is 0 Å². The summed E-state index contributed by atoms with van der Waals surface area (Å²) in [5.41, 5.74) is 2.72. The number of hydrogen-bond acceptors (Lipinski definition) is 1. The molecule has 3 heteroatoms. The summed E-state index contributed by atoms with van der Waals surface area (Å²) in [6.07, 6.45) is 1.90. The SMILES string of the molecule is Cc1cn(C(=O)c2ccccc2Br)c2ccccc12. The fraction of sp³-hybridized carbons (Fsp3) is 0.0625. The molecule has 94 valence electrons. The maximum absolute atomic E-state index is 12.6. The number of carbonyl (C=O) groups excluding carboxylic acids is 1. The molecule has 0 saturated carbocycles. The third-order valence-electron chi connectivity index (χ3n) is 3.23. The van der Waals surface area contributed by atoms with Crippen LogP contribution < -0.4 is 0 Å². The van der Waals surface area contributed by atoms with E-state index in [1.807, 2.05) is 61.7 Å². The van der Waals surface area contributed by atoms with Crippen molar-refractivity contribution in [2.24, 2.45) is 0 Å². The molecule has 0 aliphatic heterocycles. The van der Waals surface area contributed by atoms with Crippen LogP contribution >= 0.6 is 15.9 Å². The van der Waals surface area contributed by atoms with Gasteiger partial charge in [-0.05, 0) is 46.6 Å². The standard InChI is InChI=1S/C16H12BrNO/c1-11-10-18(15-9-5-3-6-12(11)15)16(19)13-7-2-4-8-14(13)17/h2-10H,1H3. The lowest BCUT2D eigenvalue weighted by Gasteiger charge is -2.05. The lowest BCUT2D eigenvalue weighted by Crippen LogP contribution is -2.11. The summed E-state index contributed by atoms with van der Waals surface area (Å²) in [6, 6.07) is 15.4. The molecule has 3 aromatic rings. The van der Waals surface area contributed by atoms with E-state index in [9.17, 15) is 4.79 Å². The zero-order chi connectivity index (χ0) is 13.4. The second-order valence-electron chi connectivity index (χ2n) is 4.48. The topological polar surface area (TPSA) is 22.0 Å². The van der Waals surface area contributed by atoms with Crippen LogP contribution in [0.1, 0.15) is 15.9 Å². The Labute approximate surface area is 119 Å². The second-order valence-corrected chi connectivity index (χ2v) is 5.34. The number of para-hydroxylation sites is 1. The maximum atomic E-state index is 12.6. The smallest absolute Gasteiger partial charge is 0.263 e. The fourth-order valence-corrected chi connectivity index (χ4v) is 2.74. The normalized spacial score (nSPS) is 10.8. The summed E-state index contributed by atoms with van der Waals surface area (Å²) in [5.74, 6) is -0.0169. The number of hydrogen-bond donors (Lipinski definition) is 0. The van der Waals surface area contributed by atoms with E-state index >= 15 is 0 Å². The van der Waals surface area contributed by atoms with Gasteiger partial charge in [0.15, 0.2) is 0 Å². The van der Waals surface area contributed by atoms with Gasteiger partial charge in [0.2, 0.25) is 0 Å². The highest BCUT2D eigenvalue weighted by molar-refractivity contribution is 9.10. The lowest BCUT2D eigenvalue weighted by atomic mass is 10.2. The van der Waals surface area contributed by atoms with E-state index in [0.717, 1.165) is 20.9 Å². The van der Waals surface area contributed by atoms with Crippen molar-refractivity contribution in [1.29, 1.82) is 0 Å².